The molecule has 0 amide bonds. The SMILES string of the molecule is COc1cc(C)ccc1OCCCOc1cccc(C=O)c1. The minimum absolute atomic E-state index is 0.524. The number of ether oxygens (including phenoxy) is 3. The van der Waals surface area contributed by atoms with Crippen LogP contribution in [0.25, 0.3) is 0 Å². The zero-order valence-corrected chi connectivity index (χ0v) is 12.9. The van der Waals surface area contributed by atoms with Gasteiger partial charge in [-0.15, -0.1) is 0 Å². The minimum atomic E-state index is 0.524. The predicted molar refractivity (Wildman–Crippen MR) is 85.2 cm³/mol. The van der Waals surface area contributed by atoms with Crippen LogP contribution in [-0.4, -0.2) is 26.6 Å². The third-order valence-electron chi connectivity index (χ3n) is 3.13. The summed E-state index contributed by atoms with van der Waals surface area (Å²) in [6.07, 6.45) is 1.54. The second kappa shape index (κ2) is 8.08. The lowest BCUT2D eigenvalue weighted by molar-refractivity contribution is 0.112. The maximum absolute atomic E-state index is 10.7. The van der Waals surface area contributed by atoms with Crippen molar-refractivity contribution in [3.63, 3.8) is 0 Å². The lowest BCUT2D eigenvalue weighted by Gasteiger charge is -2.11. The molecule has 2 rings (SSSR count). The van der Waals surface area contributed by atoms with Gasteiger partial charge in [-0.05, 0) is 36.8 Å². The summed E-state index contributed by atoms with van der Waals surface area (Å²) in [5, 5.41) is 0. The highest BCUT2D eigenvalue weighted by molar-refractivity contribution is 5.75. The summed E-state index contributed by atoms with van der Waals surface area (Å²) in [5.74, 6) is 2.16. The number of rotatable bonds is 8. The van der Waals surface area contributed by atoms with Gasteiger partial charge in [0, 0.05) is 12.0 Å². The molecule has 0 saturated carbocycles. The molecule has 0 N–H and O–H groups in total. The number of carbonyl (C=O) groups is 1. The Labute approximate surface area is 130 Å². The predicted octanol–water partition coefficient (Wildman–Crippen LogP) is 3.66. The van der Waals surface area contributed by atoms with E-state index in [0.717, 1.165) is 29.8 Å². The second-order valence-electron chi connectivity index (χ2n) is 4.90. The topological polar surface area (TPSA) is 44.8 Å². The first-order valence-corrected chi connectivity index (χ1v) is 7.18. The van der Waals surface area contributed by atoms with E-state index in [1.165, 1.54) is 0 Å². The van der Waals surface area contributed by atoms with Crippen molar-refractivity contribution < 1.29 is 19.0 Å². The molecule has 0 atom stereocenters. The Morgan fingerprint density at radius 1 is 1.00 bits per heavy atom. The first-order chi connectivity index (χ1) is 10.7. The van der Waals surface area contributed by atoms with Gasteiger partial charge in [0.25, 0.3) is 0 Å². The summed E-state index contributed by atoms with van der Waals surface area (Å²) >= 11 is 0. The van der Waals surface area contributed by atoms with Gasteiger partial charge in [0.2, 0.25) is 0 Å². The van der Waals surface area contributed by atoms with Crippen LogP contribution in [0.5, 0.6) is 17.2 Å². The number of carbonyl (C=O) groups excluding carboxylic acids is 1. The van der Waals surface area contributed by atoms with Crippen molar-refractivity contribution in [3.05, 3.63) is 53.6 Å². The first kappa shape index (κ1) is 15.9. The Morgan fingerprint density at radius 2 is 1.82 bits per heavy atom. The zero-order valence-electron chi connectivity index (χ0n) is 12.9. The first-order valence-electron chi connectivity index (χ1n) is 7.18. The average molecular weight is 300 g/mol. The standard InChI is InChI=1S/C18H20O4/c1-14-7-8-17(18(11-14)20-2)22-10-4-9-21-16-6-3-5-15(12-16)13-19/h3,5-8,11-13H,4,9-10H2,1-2H3. The van der Waals surface area contributed by atoms with Crippen LogP contribution in [0.4, 0.5) is 0 Å². The molecule has 4 heteroatoms. The fourth-order valence-electron chi connectivity index (χ4n) is 2.00. The number of hydrogen-bond donors (Lipinski definition) is 0. The number of benzene rings is 2. The number of aryl methyl sites for hydroxylation is 1. The molecule has 22 heavy (non-hydrogen) atoms. The van der Waals surface area contributed by atoms with Crippen LogP contribution in [0.2, 0.25) is 0 Å². The summed E-state index contributed by atoms with van der Waals surface area (Å²) < 4.78 is 16.6. The Hall–Kier alpha value is -2.49. The Kier molecular flexibility index (Phi) is 5.83. The number of methoxy groups -OCH3 is 1. The summed E-state index contributed by atoms with van der Waals surface area (Å²) in [4.78, 5) is 10.7. The fraction of sp³-hybridized carbons (Fsp3) is 0.278. The van der Waals surface area contributed by atoms with Crippen LogP contribution in [0.3, 0.4) is 0 Å². The second-order valence-corrected chi connectivity index (χ2v) is 4.90. The molecule has 116 valence electrons. The van der Waals surface area contributed by atoms with Gasteiger partial charge in [0.15, 0.2) is 11.5 Å². The monoisotopic (exact) mass is 300 g/mol. The highest BCUT2D eigenvalue weighted by atomic mass is 16.5. The number of aldehydes is 1. The van der Waals surface area contributed by atoms with E-state index in [-0.39, 0.29) is 0 Å². The molecule has 0 saturated heterocycles. The van der Waals surface area contributed by atoms with E-state index in [9.17, 15) is 4.79 Å². The summed E-state index contributed by atoms with van der Waals surface area (Å²) in [5.41, 5.74) is 1.74. The molecule has 0 fully saturated rings. The van der Waals surface area contributed by atoms with Gasteiger partial charge >= 0.3 is 0 Å². The van der Waals surface area contributed by atoms with Gasteiger partial charge in [0.1, 0.15) is 12.0 Å². The van der Waals surface area contributed by atoms with E-state index < -0.39 is 0 Å². The van der Waals surface area contributed by atoms with E-state index in [4.69, 9.17) is 14.2 Å². The van der Waals surface area contributed by atoms with Crippen LogP contribution in [0, 0.1) is 6.92 Å². The molecule has 0 aliphatic rings. The molecule has 0 aliphatic heterocycles. The van der Waals surface area contributed by atoms with Gasteiger partial charge < -0.3 is 14.2 Å². The molecule has 0 unspecified atom stereocenters. The van der Waals surface area contributed by atoms with E-state index >= 15 is 0 Å². The Bertz CT molecular complexity index is 622. The van der Waals surface area contributed by atoms with E-state index in [0.29, 0.717) is 24.5 Å². The normalized spacial score (nSPS) is 10.1. The van der Waals surface area contributed by atoms with E-state index in [1.807, 2.05) is 31.2 Å². The highest BCUT2D eigenvalue weighted by Crippen LogP contribution is 2.27. The van der Waals surface area contributed by atoms with Crippen molar-refractivity contribution >= 4 is 6.29 Å². The number of hydrogen-bond acceptors (Lipinski definition) is 4. The summed E-state index contributed by atoms with van der Waals surface area (Å²) in [6.45, 7) is 3.07. The summed E-state index contributed by atoms with van der Waals surface area (Å²) in [7, 11) is 1.63. The van der Waals surface area contributed by atoms with Crippen molar-refractivity contribution in [1.29, 1.82) is 0 Å². The van der Waals surface area contributed by atoms with Crippen molar-refractivity contribution in [3.8, 4) is 17.2 Å². The largest absolute Gasteiger partial charge is 0.493 e. The van der Waals surface area contributed by atoms with Gasteiger partial charge in [-0.2, -0.15) is 0 Å². The maximum atomic E-state index is 10.7. The smallest absolute Gasteiger partial charge is 0.161 e. The van der Waals surface area contributed by atoms with E-state index in [2.05, 4.69) is 0 Å². The lowest BCUT2D eigenvalue weighted by Crippen LogP contribution is -2.06. The van der Waals surface area contributed by atoms with Crippen molar-refractivity contribution in [1.82, 2.24) is 0 Å². The fourth-order valence-corrected chi connectivity index (χ4v) is 2.00. The molecular weight excluding hydrogens is 280 g/mol. The van der Waals surface area contributed by atoms with Crippen LogP contribution in [0.15, 0.2) is 42.5 Å². The highest BCUT2D eigenvalue weighted by Gasteiger charge is 2.04. The average Bonchev–Trinajstić information content (AvgIpc) is 2.55. The summed E-state index contributed by atoms with van der Waals surface area (Å²) in [6, 6.07) is 12.9. The molecule has 0 aromatic heterocycles. The van der Waals surface area contributed by atoms with Crippen molar-refractivity contribution in [2.24, 2.45) is 0 Å². The van der Waals surface area contributed by atoms with E-state index in [1.54, 1.807) is 25.3 Å². The van der Waals surface area contributed by atoms with Crippen LogP contribution in [-0.2, 0) is 0 Å². The van der Waals surface area contributed by atoms with Crippen molar-refractivity contribution in [2.45, 2.75) is 13.3 Å². The van der Waals surface area contributed by atoms with Crippen LogP contribution < -0.4 is 14.2 Å². The molecule has 2 aromatic rings. The molecule has 0 aliphatic carbocycles. The van der Waals surface area contributed by atoms with Gasteiger partial charge in [-0.1, -0.05) is 18.2 Å². The molecule has 0 bridgehead atoms. The third kappa shape index (κ3) is 4.52. The molecule has 0 spiro atoms. The molecular formula is C18H20O4. The Morgan fingerprint density at radius 3 is 2.59 bits per heavy atom. The maximum Gasteiger partial charge on any atom is 0.161 e. The van der Waals surface area contributed by atoms with Gasteiger partial charge in [0.05, 0.1) is 20.3 Å². The van der Waals surface area contributed by atoms with Crippen LogP contribution in [0.1, 0.15) is 22.3 Å². The lowest BCUT2D eigenvalue weighted by atomic mass is 10.2. The minimum Gasteiger partial charge on any atom is -0.493 e. The van der Waals surface area contributed by atoms with Gasteiger partial charge in [-0.3, -0.25) is 4.79 Å². The van der Waals surface area contributed by atoms with Crippen LogP contribution >= 0.6 is 0 Å². The molecule has 4 nitrogen and oxygen atoms in total. The van der Waals surface area contributed by atoms with Crippen molar-refractivity contribution in [2.75, 3.05) is 20.3 Å². The molecule has 0 radical (unpaired) electrons. The Balaban J connectivity index is 1.76. The van der Waals surface area contributed by atoms with Gasteiger partial charge in [-0.25, -0.2) is 0 Å². The third-order valence-corrected chi connectivity index (χ3v) is 3.13. The molecule has 2 aromatic carbocycles. The quantitative estimate of drug-likeness (QED) is 0.551. The molecule has 0 heterocycles. The zero-order chi connectivity index (χ0) is 15.8.